The van der Waals surface area contributed by atoms with Crippen LogP contribution in [0.5, 0.6) is 5.75 Å². The Hall–Kier alpha value is -4.01. The van der Waals surface area contributed by atoms with Crippen LogP contribution in [-0.4, -0.2) is 65.1 Å². The van der Waals surface area contributed by atoms with Gasteiger partial charge in [0.05, 0.1) is 11.1 Å². The van der Waals surface area contributed by atoms with Crippen molar-refractivity contribution >= 4 is 29.6 Å². The monoisotopic (exact) mass is 531 g/mol. The summed E-state index contributed by atoms with van der Waals surface area (Å²) < 4.78 is 5.08. The number of piperidine rings is 1. The lowest BCUT2D eigenvalue weighted by molar-refractivity contribution is -0.131. The molecule has 2 aromatic carbocycles. The SMILES string of the molecule is CC(=O)Oc1cccc(C(=O)N2CCC(CNC(=O)c3ccc4c(c3)C(=O)N(C3CCCCC3)C4=O)CC2)c1. The molecule has 1 saturated heterocycles. The van der Waals surface area contributed by atoms with Crippen molar-refractivity contribution in [1.82, 2.24) is 15.1 Å². The summed E-state index contributed by atoms with van der Waals surface area (Å²) in [6, 6.07) is 11.3. The Balaban J connectivity index is 1.14. The lowest BCUT2D eigenvalue weighted by Crippen LogP contribution is -2.41. The topological polar surface area (TPSA) is 113 Å². The Morgan fingerprint density at radius 3 is 2.31 bits per heavy atom. The maximum atomic E-state index is 13.1. The van der Waals surface area contributed by atoms with Crippen molar-refractivity contribution in [3.05, 3.63) is 64.7 Å². The highest BCUT2D eigenvalue weighted by Gasteiger charge is 2.40. The molecular formula is C30H33N3O6. The van der Waals surface area contributed by atoms with Gasteiger partial charge in [0.15, 0.2) is 0 Å². The van der Waals surface area contributed by atoms with E-state index in [0.717, 1.165) is 44.9 Å². The summed E-state index contributed by atoms with van der Waals surface area (Å²) in [5.74, 6) is -0.847. The molecule has 3 aliphatic rings. The zero-order valence-electron chi connectivity index (χ0n) is 22.1. The van der Waals surface area contributed by atoms with E-state index >= 15 is 0 Å². The molecule has 9 nitrogen and oxygen atoms in total. The molecule has 2 aromatic rings. The highest BCUT2D eigenvalue weighted by atomic mass is 16.5. The maximum Gasteiger partial charge on any atom is 0.308 e. The predicted molar refractivity (Wildman–Crippen MR) is 143 cm³/mol. The van der Waals surface area contributed by atoms with Crippen LogP contribution in [0.2, 0.25) is 0 Å². The first-order valence-corrected chi connectivity index (χ1v) is 13.7. The minimum atomic E-state index is -0.441. The van der Waals surface area contributed by atoms with Gasteiger partial charge in [0.1, 0.15) is 5.75 Å². The molecule has 2 fully saturated rings. The molecule has 0 spiro atoms. The van der Waals surface area contributed by atoms with Crippen LogP contribution in [0.25, 0.3) is 0 Å². The number of carbonyl (C=O) groups excluding carboxylic acids is 5. The zero-order valence-corrected chi connectivity index (χ0v) is 22.1. The average molecular weight is 532 g/mol. The van der Waals surface area contributed by atoms with Crippen molar-refractivity contribution in [2.75, 3.05) is 19.6 Å². The first-order valence-electron chi connectivity index (χ1n) is 13.7. The lowest BCUT2D eigenvalue weighted by atomic mass is 9.94. The lowest BCUT2D eigenvalue weighted by Gasteiger charge is -2.32. The minimum Gasteiger partial charge on any atom is -0.427 e. The maximum absolute atomic E-state index is 13.1. The van der Waals surface area contributed by atoms with Crippen molar-refractivity contribution in [2.45, 2.75) is 57.9 Å². The molecule has 2 heterocycles. The summed E-state index contributed by atoms with van der Waals surface area (Å²) in [6.45, 7) is 2.89. The summed E-state index contributed by atoms with van der Waals surface area (Å²) in [5.41, 5.74) is 1.51. The summed E-state index contributed by atoms with van der Waals surface area (Å²) in [4.78, 5) is 66.2. The number of amides is 4. The molecule has 2 aliphatic heterocycles. The number of likely N-dealkylation sites (tertiary alicyclic amines) is 1. The molecule has 0 bridgehead atoms. The van der Waals surface area contributed by atoms with E-state index in [-0.39, 0.29) is 35.6 Å². The number of ether oxygens (including phenoxy) is 1. The van der Waals surface area contributed by atoms with Gasteiger partial charge in [-0.05, 0) is 68.0 Å². The number of fused-ring (bicyclic) bond motifs is 1. The van der Waals surface area contributed by atoms with E-state index in [1.165, 1.54) is 11.8 Å². The van der Waals surface area contributed by atoms with Gasteiger partial charge in [-0.3, -0.25) is 28.9 Å². The first-order chi connectivity index (χ1) is 18.8. The van der Waals surface area contributed by atoms with Crippen LogP contribution in [0.15, 0.2) is 42.5 Å². The number of rotatable bonds is 6. The van der Waals surface area contributed by atoms with Crippen LogP contribution < -0.4 is 10.1 Å². The van der Waals surface area contributed by atoms with E-state index in [1.807, 2.05) is 0 Å². The fraction of sp³-hybridized carbons (Fsp3) is 0.433. The van der Waals surface area contributed by atoms with Gasteiger partial charge in [-0.1, -0.05) is 25.3 Å². The predicted octanol–water partition coefficient (Wildman–Crippen LogP) is 3.82. The number of benzene rings is 2. The Morgan fingerprint density at radius 2 is 1.59 bits per heavy atom. The van der Waals surface area contributed by atoms with E-state index in [0.29, 0.717) is 47.6 Å². The number of imide groups is 1. The van der Waals surface area contributed by atoms with E-state index in [9.17, 15) is 24.0 Å². The zero-order chi connectivity index (χ0) is 27.5. The highest BCUT2D eigenvalue weighted by molar-refractivity contribution is 6.22. The molecule has 0 unspecified atom stereocenters. The molecule has 0 aromatic heterocycles. The van der Waals surface area contributed by atoms with Crippen molar-refractivity contribution in [2.24, 2.45) is 5.92 Å². The quantitative estimate of drug-likeness (QED) is 0.345. The van der Waals surface area contributed by atoms with Gasteiger partial charge < -0.3 is 15.0 Å². The van der Waals surface area contributed by atoms with Crippen LogP contribution in [0, 0.1) is 5.92 Å². The van der Waals surface area contributed by atoms with Gasteiger partial charge in [-0.2, -0.15) is 0 Å². The first kappa shape index (κ1) is 26.6. The van der Waals surface area contributed by atoms with Crippen LogP contribution in [0.4, 0.5) is 0 Å². The van der Waals surface area contributed by atoms with Crippen molar-refractivity contribution in [3.63, 3.8) is 0 Å². The number of carbonyl (C=O) groups is 5. The van der Waals surface area contributed by atoms with Crippen molar-refractivity contribution in [1.29, 1.82) is 0 Å². The fourth-order valence-corrected chi connectivity index (χ4v) is 5.79. The largest absolute Gasteiger partial charge is 0.427 e. The average Bonchev–Trinajstić information content (AvgIpc) is 3.20. The standard InChI is InChI=1S/C30H33N3O6/c1-19(34)39-24-9-5-6-22(16-24)28(36)32-14-12-20(13-15-32)18-31-27(35)21-10-11-25-26(17-21)30(38)33(29(25)37)23-7-3-2-4-8-23/h5-6,9-11,16-17,20,23H,2-4,7-8,12-15,18H2,1H3,(H,31,35). The summed E-state index contributed by atoms with van der Waals surface area (Å²) in [5, 5.41) is 2.96. The van der Waals surface area contributed by atoms with E-state index in [2.05, 4.69) is 5.32 Å². The second-order valence-electron chi connectivity index (χ2n) is 10.6. The number of hydrogen-bond acceptors (Lipinski definition) is 6. The van der Waals surface area contributed by atoms with E-state index in [1.54, 1.807) is 47.4 Å². The van der Waals surface area contributed by atoms with E-state index < -0.39 is 5.97 Å². The van der Waals surface area contributed by atoms with Gasteiger partial charge in [-0.15, -0.1) is 0 Å². The molecule has 39 heavy (non-hydrogen) atoms. The smallest absolute Gasteiger partial charge is 0.308 e. The number of hydrogen-bond donors (Lipinski definition) is 1. The summed E-state index contributed by atoms with van der Waals surface area (Å²) >= 11 is 0. The summed E-state index contributed by atoms with van der Waals surface area (Å²) in [6.07, 6.45) is 6.31. The minimum absolute atomic E-state index is 0.0565. The normalized spacial score (nSPS) is 18.2. The van der Waals surface area contributed by atoms with Gasteiger partial charge in [0, 0.05) is 43.7 Å². The molecule has 9 heteroatoms. The van der Waals surface area contributed by atoms with Crippen LogP contribution in [-0.2, 0) is 4.79 Å². The highest BCUT2D eigenvalue weighted by Crippen LogP contribution is 2.31. The number of nitrogens with zero attached hydrogens (tertiary/aromatic N) is 2. The van der Waals surface area contributed by atoms with Crippen LogP contribution in [0.1, 0.15) is 93.3 Å². The molecular weight excluding hydrogens is 498 g/mol. The third-order valence-corrected chi connectivity index (χ3v) is 7.92. The van der Waals surface area contributed by atoms with Crippen molar-refractivity contribution in [3.8, 4) is 5.75 Å². The van der Waals surface area contributed by atoms with Gasteiger partial charge in [0.25, 0.3) is 23.6 Å². The van der Waals surface area contributed by atoms with Crippen LogP contribution >= 0.6 is 0 Å². The Kier molecular flexibility index (Phi) is 7.77. The second kappa shape index (κ2) is 11.4. The molecule has 1 aliphatic carbocycles. The van der Waals surface area contributed by atoms with Gasteiger partial charge in [-0.25, -0.2) is 0 Å². The molecule has 0 atom stereocenters. The molecule has 204 valence electrons. The third-order valence-electron chi connectivity index (χ3n) is 7.92. The molecule has 0 radical (unpaired) electrons. The Labute approximate surface area is 227 Å². The number of esters is 1. The third kappa shape index (κ3) is 5.72. The van der Waals surface area contributed by atoms with E-state index in [4.69, 9.17) is 4.74 Å². The molecule has 1 saturated carbocycles. The number of nitrogens with one attached hydrogen (secondary N) is 1. The van der Waals surface area contributed by atoms with Gasteiger partial charge in [0.2, 0.25) is 0 Å². The van der Waals surface area contributed by atoms with Crippen LogP contribution in [0.3, 0.4) is 0 Å². The Morgan fingerprint density at radius 1 is 0.872 bits per heavy atom. The Bertz CT molecular complexity index is 1310. The molecule has 1 N–H and O–H groups in total. The second-order valence-corrected chi connectivity index (χ2v) is 10.6. The molecule has 5 rings (SSSR count). The summed E-state index contributed by atoms with van der Waals surface area (Å²) in [7, 11) is 0. The van der Waals surface area contributed by atoms with Gasteiger partial charge >= 0.3 is 5.97 Å². The fourth-order valence-electron chi connectivity index (χ4n) is 5.79. The van der Waals surface area contributed by atoms with Crippen molar-refractivity contribution < 1.29 is 28.7 Å². The molecule has 4 amide bonds.